The first kappa shape index (κ1) is 13.7. The van der Waals surface area contributed by atoms with Crippen molar-refractivity contribution in [1.82, 2.24) is 0 Å². The Hall–Kier alpha value is -1.71. The highest BCUT2D eigenvalue weighted by Gasteiger charge is 2.11. The highest BCUT2D eigenvalue weighted by atomic mass is 35.5. The highest BCUT2D eigenvalue weighted by molar-refractivity contribution is 6.36. The van der Waals surface area contributed by atoms with Gasteiger partial charge in [0.05, 0.1) is 16.3 Å². The van der Waals surface area contributed by atoms with Crippen LogP contribution in [0.5, 0.6) is 0 Å². The predicted molar refractivity (Wildman–Crippen MR) is 80.4 cm³/mol. The summed E-state index contributed by atoms with van der Waals surface area (Å²) in [4.78, 5) is 12.2. The van der Waals surface area contributed by atoms with E-state index in [4.69, 9.17) is 23.2 Å². The molecule has 0 saturated heterocycles. The third-order valence-corrected chi connectivity index (χ3v) is 3.17. The Morgan fingerprint density at radius 2 is 1.79 bits per heavy atom. The van der Waals surface area contributed by atoms with Crippen molar-refractivity contribution < 1.29 is 4.79 Å². The van der Waals surface area contributed by atoms with Crippen molar-refractivity contribution in [2.45, 2.75) is 0 Å². The average molecular weight is 295 g/mol. The first-order chi connectivity index (χ1) is 9.11. The smallest absolute Gasteiger partial charge is 0.257 e. The number of carbonyl (C=O) groups is 1. The SMILES string of the molecule is CNc1ccccc1C(=O)Nc1ccc(Cl)cc1Cl. The van der Waals surface area contributed by atoms with E-state index in [2.05, 4.69) is 10.6 Å². The van der Waals surface area contributed by atoms with Gasteiger partial charge in [-0.25, -0.2) is 0 Å². The Morgan fingerprint density at radius 1 is 1.05 bits per heavy atom. The molecular formula is C14H12Cl2N2O. The molecule has 0 atom stereocenters. The van der Waals surface area contributed by atoms with E-state index in [0.717, 1.165) is 5.69 Å². The van der Waals surface area contributed by atoms with Gasteiger partial charge in [-0.3, -0.25) is 4.79 Å². The maximum atomic E-state index is 12.2. The standard InChI is InChI=1S/C14H12Cl2N2O/c1-17-12-5-3-2-4-10(12)14(19)18-13-7-6-9(15)8-11(13)16/h2-8,17H,1H3,(H,18,19). The number of benzene rings is 2. The number of halogens is 2. The van der Waals surface area contributed by atoms with Gasteiger partial charge >= 0.3 is 0 Å². The molecule has 2 rings (SSSR count). The van der Waals surface area contributed by atoms with Crippen LogP contribution >= 0.6 is 23.2 Å². The fraction of sp³-hybridized carbons (Fsp3) is 0.0714. The van der Waals surface area contributed by atoms with Gasteiger partial charge in [-0.15, -0.1) is 0 Å². The lowest BCUT2D eigenvalue weighted by molar-refractivity contribution is 0.102. The summed E-state index contributed by atoms with van der Waals surface area (Å²) in [6, 6.07) is 12.2. The number of anilines is 2. The van der Waals surface area contributed by atoms with Crippen molar-refractivity contribution in [3.8, 4) is 0 Å². The molecule has 0 aliphatic heterocycles. The van der Waals surface area contributed by atoms with E-state index in [1.54, 1.807) is 37.4 Å². The fourth-order valence-electron chi connectivity index (χ4n) is 1.68. The maximum absolute atomic E-state index is 12.2. The van der Waals surface area contributed by atoms with Crippen molar-refractivity contribution in [3.05, 3.63) is 58.1 Å². The van der Waals surface area contributed by atoms with Gasteiger partial charge in [0.25, 0.3) is 5.91 Å². The Morgan fingerprint density at radius 3 is 2.47 bits per heavy atom. The molecule has 2 N–H and O–H groups in total. The maximum Gasteiger partial charge on any atom is 0.257 e. The van der Waals surface area contributed by atoms with Crippen LogP contribution in [0, 0.1) is 0 Å². The summed E-state index contributed by atoms with van der Waals surface area (Å²) in [5.41, 5.74) is 1.84. The lowest BCUT2D eigenvalue weighted by Crippen LogP contribution is -2.14. The lowest BCUT2D eigenvalue weighted by atomic mass is 10.1. The van der Waals surface area contributed by atoms with Crippen LogP contribution in [0.2, 0.25) is 10.0 Å². The molecule has 0 bridgehead atoms. The van der Waals surface area contributed by atoms with Gasteiger partial charge in [0, 0.05) is 17.8 Å². The van der Waals surface area contributed by atoms with Crippen LogP contribution in [-0.2, 0) is 0 Å². The molecule has 0 spiro atoms. The molecule has 19 heavy (non-hydrogen) atoms. The van der Waals surface area contributed by atoms with Gasteiger partial charge in [-0.1, -0.05) is 35.3 Å². The van der Waals surface area contributed by atoms with Gasteiger partial charge < -0.3 is 10.6 Å². The van der Waals surface area contributed by atoms with Crippen molar-refractivity contribution in [2.24, 2.45) is 0 Å². The summed E-state index contributed by atoms with van der Waals surface area (Å²) < 4.78 is 0. The number of hydrogen-bond acceptors (Lipinski definition) is 2. The largest absolute Gasteiger partial charge is 0.387 e. The molecule has 3 nitrogen and oxygen atoms in total. The molecule has 0 aromatic heterocycles. The molecule has 0 radical (unpaired) electrons. The van der Waals surface area contributed by atoms with Gasteiger partial charge in [0.15, 0.2) is 0 Å². The fourth-order valence-corrected chi connectivity index (χ4v) is 2.14. The summed E-state index contributed by atoms with van der Waals surface area (Å²) in [5, 5.41) is 6.66. The van der Waals surface area contributed by atoms with Crippen molar-refractivity contribution in [3.63, 3.8) is 0 Å². The lowest BCUT2D eigenvalue weighted by Gasteiger charge is -2.10. The molecule has 0 saturated carbocycles. The molecule has 0 fully saturated rings. The average Bonchev–Trinajstić information content (AvgIpc) is 2.41. The van der Waals surface area contributed by atoms with Crippen LogP contribution in [-0.4, -0.2) is 13.0 Å². The second kappa shape index (κ2) is 5.95. The predicted octanol–water partition coefficient (Wildman–Crippen LogP) is 4.29. The summed E-state index contributed by atoms with van der Waals surface area (Å²) in [5.74, 6) is -0.228. The third kappa shape index (κ3) is 3.19. The normalized spacial score (nSPS) is 10.1. The van der Waals surface area contributed by atoms with Crippen LogP contribution in [0.15, 0.2) is 42.5 Å². The second-order valence-corrected chi connectivity index (χ2v) is 4.72. The molecule has 2 aromatic rings. The monoisotopic (exact) mass is 294 g/mol. The Kier molecular flexibility index (Phi) is 4.30. The van der Waals surface area contributed by atoms with Crippen LogP contribution in [0.4, 0.5) is 11.4 Å². The number of rotatable bonds is 3. The Balaban J connectivity index is 2.26. The van der Waals surface area contributed by atoms with E-state index in [0.29, 0.717) is 21.3 Å². The Labute approximate surface area is 121 Å². The first-order valence-corrected chi connectivity index (χ1v) is 6.40. The van der Waals surface area contributed by atoms with Crippen LogP contribution in [0.25, 0.3) is 0 Å². The molecule has 2 aromatic carbocycles. The molecule has 98 valence electrons. The van der Waals surface area contributed by atoms with Gasteiger partial charge in [-0.2, -0.15) is 0 Å². The van der Waals surface area contributed by atoms with E-state index in [1.807, 2.05) is 12.1 Å². The summed E-state index contributed by atoms with van der Waals surface area (Å²) in [6.07, 6.45) is 0. The summed E-state index contributed by atoms with van der Waals surface area (Å²) in [6.45, 7) is 0. The number of para-hydroxylation sites is 1. The molecule has 0 heterocycles. The van der Waals surface area contributed by atoms with Crippen molar-refractivity contribution in [2.75, 3.05) is 17.7 Å². The number of carbonyl (C=O) groups excluding carboxylic acids is 1. The minimum atomic E-state index is -0.228. The minimum absolute atomic E-state index is 0.228. The third-order valence-electron chi connectivity index (χ3n) is 2.62. The topological polar surface area (TPSA) is 41.1 Å². The number of amides is 1. The highest BCUT2D eigenvalue weighted by Crippen LogP contribution is 2.26. The van der Waals surface area contributed by atoms with Gasteiger partial charge in [0.2, 0.25) is 0 Å². The zero-order valence-electron chi connectivity index (χ0n) is 10.2. The molecule has 0 unspecified atom stereocenters. The van der Waals surface area contributed by atoms with Gasteiger partial charge in [0.1, 0.15) is 0 Å². The number of hydrogen-bond donors (Lipinski definition) is 2. The van der Waals surface area contributed by atoms with Crippen molar-refractivity contribution in [1.29, 1.82) is 0 Å². The van der Waals surface area contributed by atoms with E-state index in [9.17, 15) is 4.79 Å². The number of nitrogens with one attached hydrogen (secondary N) is 2. The molecular weight excluding hydrogens is 283 g/mol. The van der Waals surface area contributed by atoms with Gasteiger partial charge in [-0.05, 0) is 30.3 Å². The van der Waals surface area contributed by atoms with E-state index in [1.165, 1.54) is 0 Å². The zero-order valence-corrected chi connectivity index (χ0v) is 11.7. The second-order valence-electron chi connectivity index (χ2n) is 3.87. The van der Waals surface area contributed by atoms with Crippen LogP contribution in [0.1, 0.15) is 10.4 Å². The molecule has 5 heteroatoms. The van der Waals surface area contributed by atoms with E-state index >= 15 is 0 Å². The van der Waals surface area contributed by atoms with Crippen LogP contribution < -0.4 is 10.6 Å². The van der Waals surface area contributed by atoms with Crippen molar-refractivity contribution >= 4 is 40.5 Å². The quantitative estimate of drug-likeness (QED) is 0.887. The summed E-state index contributed by atoms with van der Waals surface area (Å²) >= 11 is 11.8. The molecule has 1 amide bonds. The van der Waals surface area contributed by atoms with E-state index in [-0.39, 0.29) is 5.91 Å². The molecule has 0 aliphatic rings. The zero-order chi connectivity index (χ0) is 13.8. The van der Waals surface area contributed by atoms with E-state index < -0.39 is 0 Å². The first-order valence-electron chi connectivity index (χ1n) is 5.65. The minimum Gasteiger partial charge on any atom is -0.387 e. The summed E-state index contributed by atoms with van der Waals surface area (Å²) in [7, 11) is 1.77. The Bertz CT molecular complexity index is 614. The van der Waals surface area contributed by atoms with Crippen LogP contribution in [0.3, 0.4) is 0 Å². The molecule has 0 aliphatic carbocycles.